The highest BCUT2D eigenvalue weighted by Crippen LogP contribution is 2.41. The fourth-order valence-electron chi connectivity index (χ4n) is 1.88. The Kier molecular flexibility index (Phi) is 5.03. The van der Waals surface area contributed by atoms with Crippen LogP contribution in [0.5, 0.6) is 0 Å². The predicted octanol–water partition coefficient (Wildman–Crippen LogP) is 4.17. The minimum absolute atomic E-state index is 0.129. The van der Waals surface area contributed by atoms with Crippen LogP contribution in [0.2, 0.25) is 5.02 Å². The summed E-state index contributed by atoms with van der Waals surface area (Å²) in [5.41, 5.74) is 6.45. The monoisotopic (exact) mass is 326 g/mol. The molecule has 0 aliphatic rings. The van der Waals surface area contributed by atoms with E-state index in [-0.39, 0.29) is 10.6 Å². The fraction of sp³-hybridized carbons (Fsp3) is 0.143. The lowest BCUT2D eigenvalue weighted by Gasteiger charge is -2.16. The van der Waals surface area contributed by atoms with Crippen molar-refractivity contribution in [3.63, 3.8) is 0 Å². The summed E-state index contributed by atoms with van der Waals surface area (Å²) in [4.78, 5) is 11.0. The van der Waals surface area contributed by atoms with Gasteiger partial charge >= 0.3 is 0 Å². The molecule has 4 nitrogen and oxygen atoms in total. The first-order chi connectivity index (χ1) is 9.99. The summed E-state index contributed by atoms with van der Waals surface area (Å²) >= 11 is 7.14. The van der Waals surface area contributed by atoms with Crippen LogP contribution in [-0.4, -0.2) is 11.5 Å². The number of thioether (sulfide) groups is 1. The lowest BCUT2D eigenvalue weighted by atomic mass is 10.1. The van der Waals surface area contributed by atoms with Crippen molar-refractivity contribution in [1.82, 2.24) is 0 Å². The van der Waals surface area contributed by atoms with Crippen molar-refractivity contribution in [3.8, 4) is 0 Å². The highest BCUT2D eigenvalue weighted by atomic mass is 35.5. The molecule has 1 atom stereocenters. The van der Waals surface area contributed by atoms with E-state index in [9.17, 15) is 14.5 Å². The van der Waals surface area contributed by atoms with Crippen molar-refractivity contribution in [3.05, 3.63) is 69.0 Å². The molecule has 0 saturated heterocycles. The van der Waals surface area contributed by atoms with Crippen LogP contribution in [0, 0.1) is 15.9 Å². The van der Waals surface area contributed by atoms with Crippen LogP contribution in [0.1, 0.15) is 10.8 Å². The highest BCUT2D eigenvalue weighted by Gasteiger charge is 2.25. The number of nitrogens with two attached hydrogens (primary N) is 1. The molecule has 0 fully saturated rings. The zero-order valence-electron chi connectivity index (χ0n) is 10.8. The summed E-state index contributed by atoms with van der Waals surface area (Å²) in [5, 5.41) is 10.3. The number of anilines is 1. The summed E-state index contributed by atoms with van der Waals surface area (Å²) < 4.78 is 14.0. The molecule has 7 heteroatoms. The first kappa shape index (κ1) is 15.6. The Morgan fingerprint density at radius 1 is 1.29 bits per heavy atom. The molecule has 110 valence electrons. The van der Waals surface area contributed by atoms with Gasteiger partial charge in [-0.25, -0.2) is 4.39 Å². The van der Waals surface area contributed by atoms with Crippen LogP contribution in [0.3, 0.4) is 0 Å². The maximum absolute atomic E-state index is 14.0. The second-order valence-electron chi connectivity index (χ2n) is 4.29. The van der Waals surface area contributed by atoms with E-state index < -0.39 is 22.5 Å². The third kappa shape index (κ3) is 3.86. The van der Waals surface area contributed by atoms with Gasteiger partial charge in [0.1, 0.15) is 11.1 Å². The van der Waals surface area contributed by atoms with Gasteiger partial charge in [-0.15, -0.1) is 11.8 Å². The Balaban J connectivity index is 2.40. The van der Waals surface area contributed by atoms with Crippen LogP contribution < -0.4 is 5.73 Å². The number of rotatable bonds is 5. The molecule has 2 aromatic carbocycles. The molecule has 0 bridgehead atoms. The average molecular weight is 327 g/mol. The lowest BCUT2D eigenvalue weighted by Crippen LogP contribution is -2.12. The zero-order valence-corrected chi connectivity index (χ0v) is 12.4. The van der Waals surface area contributed by atoms with Crippen LogP contribution in [0.25, 0.3) is 0 Å². The van der Waals surface area contributed by atoms with Gasteiger partial charge in [0.25, 0.3) is 0 Å². The number of nitrogens with zero attached hydrogens (tertiary/aromatic N) is 1. The van der Waals surface area contributed by atoms with Gasteiger partial charge in [-0.05, 0) is 24.3 Å². The maximum Gasteiger partial charge on any atom is 0.220 e. The number of benzene rings is 2. The number of nitro groups is 1. The van der Waals surface area contributed by atoms with Crippen molar-refractivity contribution in [2.45, 2.75) is 10.1 Å². The minimum Gasteiger partial charge on any atom is -0.398 e. The fourth-order valence-corrected chi connectivity index (χ4v) is 3.46. The van der Waals surface area contributed by atoms with E-state index in [0.717, 1.165) is 11.8 Å². The topological polar surface area (TPSA) is 69.2 Å². The van der Waals surface area contributed by atoms with Crippen LogP contribution in [0.15, 0.2) is 47.4 Å². The Morgan fingerprint density at radius 3 is 2.62 bits per heavy atom. The molecule has 0 saturated carbocycles. The van der Waals surface area contributed by atoms with Gasteiger partial charge in [0, 0.05) is 26.1 Å². The molecular formula is C14H12ClFN2O2S. The van der Waals surface area contributed by atoms with Gasteiger partial charge in [0.15, 0.2) is 0 Å². The lowest BCUT2D eigenvalue weighted by molar-refractivity contribution is -0.479. The number of hydrogen-bond donors (Lipinski definition) is 1. The van der Waals surface area contributed by atoms with Gasteiger partial charge in [-0.1, -0.05) is 29.8 Å². The number of hydrogen-bond acceptors (Lipinski definition) is 4. The minimum atomic E-state index is -0.751. The van der Waals surface area contributed by atoms with E-state index in [0.29, 0.717) is 10.6 Å². The normalized spacial score (nSPS) is 12.1. The molecule has 0 amide bonds. The van der Waals surface area contributed by atoms with Crippen LogP contribution in [-0.2, 0) is 0 Å². The van der Waals surface area contributed by atoms with Gasteiger partial charge in [-0.2, -0.15) is 0 Å². The van der Waals surface area contributed by atoms with Crippen molar-refractivity contribution in [2.75, 3.05) is 12.3 Å². The quantitative estimate of drug-likeness (QED) is 0.387. The molecule has 2 N–H and O–H groups in total. The second-order valence-corrected chi connectivity index (χ2v) is 5.95. The molecule has 0 heterocycles. The molecule has 0 aliphatic carbocycles. The van der Waals surface area contributed by atoms with E-state index in [1.807, 2.05) is 0 Å². The van der Waals surface area contributed by atoms with Crippen molar-refractivity contribution in [2.24, 2.45) is 0 Å². The van der Waals surface area contributed by atoms with Crippen molar-refractivity contribution < 1.29 is 9.31 Å². The predicted molar refractivity (Wildman–Crippen MR) is 82.7 cm³/mol. The van der Waals surface area contributed by atoms with Crippen LogP contribution >= 0.6 is 23.4 Å². The Labute approximate surface area is 130 Å². The van der Waals surface area contributed by atoms with Gasteiger partial charge in [0.2, 0.25) is 6.54 Å². The SMILES string of the molecule is Nc1ccccc1S[C@@H](C[N+](=O)[O-])c1c(F)cccc1Cl. The molecule has 0 aromatic heterocycles. The summed E-state index contributed by atoms with van der Waals surface area (Å²) in [5.74, 6) is -0.559. The molecular weight excluding hydrogens is 315 g/mol. The standard InChI is InChI=1S/C14H12ClFN2O2S/c15-9-4-3-5-10(16)14(9)13(8-18(19)20)21-12-7-2-1-6-11(12)17/h1-7,13H,8,17H2/t13-/m0/s1. The summed E-state index contributed by atoms with van der Waals surface area (Å²) in [6.07, 6.45) is 0. The number of para-hydroxylation sites is 1. The molecule has 2 aromatic rings. The van der Waals surface area contributed by atoms with Crippen molar-refractivity contribution in [1.29, 1.82) is 0 Å². The van der Waals surface area contributed by atoms with E-state index in [1.165, 1.54) is 18.2 Å². The largest absolute Gasteiger partial charge is 0.398 e. The van der Waals surface area contributed by atoms with Crippen LogP contribution in [0.4, 0.5) is 10.1 Å². The average Bonchev–Trinajstić information content (AvgIpc) is 2.40. The van der Waals surface area contributed by atoms with E-state index in [2.05, 4.69) is 0 Å². The summed E-state index contributed by atoms with van der Waals surface area (Å²) in [6, 6.07) is 11.2. The Bertz CT molecular complexity index is 649. The van der Waals surface area contributed by atoms with Crippen molar-refractivity contribution >= 4 is 29.1 Å². The maximum atomic E-state index is 14.0. The van der Waals surface area contributed by atoms with E-state index in [4.69, 9.17) is 17.3 Å². The molecule has 2 rings (SSSR count). The zero-order chi connectivity index (χ0) is 15.4. The smallest absolute Gasteiger partial charge is 0.220 e. The van der Waals surface area contributed by atoms with E-state index >= 15 is 0 Å². The molecule has 21 heavy (non-hydrogen) atoms. The third-order valence-corrected chi connectivity index (χ3v) is 4.45. The second kappa shape index (κ2) is 6.78. The molecule has 0 spiro atoms. The number of nitrogen functional groups attached to an aromatic ring is 1. The Morgan fingerprint density at radius 2 is 2.00 bits per heavy atom. The summed E-state index contributed by atoms with van der Waals surface area (Å²) in [6.45, 7) is -0.445. The third-order valence-electron chi connectivity index (χ3n) is 2.82. The molecule has 0 unspecified atom stereocenters. The number of halogens is 2. The van der Waals surface area contributed by atoms with E-state index in [1.54, 1.807) is 24.3 Å². The van der Waals surface area contributed by atoms with Gasteiger partial charge in [-0.3, -0.25) is 10.1 Å². The first-order valence-corrected chi connectivity index (χ1v) is 7.31. The summed E-state index contributed by atoms with van der Waals surface area (Å²) in [7, 11) is 0. The first-order valence-electron chi connectivity index (χ1n) is 6.06. The Hall–Kier alpha value is -1.79. The molecule has 0 radical (unpaired) electrons. The molecule has 0 aliphatic heterocycles. The highest BCUT2D eigenvalue weighted by molar-refractivity contribution is 7.99. The van der Waals surface area contributed by atoms with Gasteiger partial charge < -0.3 is 5.73 Å². The van der Waals surface area contributed by atoms with Gasteiger partial charge in [0.05, 0.1) is 0 Å².